The average Bonchev–Trinajstić information content (AvgIpc) is 2.91. The molecule has 0 spiro atoms. The smallest absolute Gasteiger partial charge is 0.251 e. The predicted octanol–water partition coefficient (Wildman–Crippen LogP) is 2.87. The molecule has 1 aliphatic carbocycles. The maximum atomic E-state index is 12.3. The molecular weight excluding hydrogens is 304 g/mol. The van der Waals surface area contributed by atoms with Gasteiger partial charge in [-0.15, -0.1) is 0 Å². The van der Waals surface area contributed by atoms with Crippen LogP contribution < -0.4 is 10.6 Å². The molecule has 0 saturated heterocycles. The lowest BCUT2D eigenvalue weighted by atomic mass is 10.1. The molecule has 5 nitrogen and oxygen atoms in total. The van der Waals surface area contributed by atoms with E-state index >= 15 is 0 Å². The van der Waals surface area contributed by atoms with Gasteiger partial charge in [0.2, 0.25) is 5.91 Å². The van der Waals surface area contributed by atoms with Crippen LogP contribution in [0.15, 0.2) is 18.2 Å². The summed E-state index contributed by atoms with van der Waals surface area (Å²) in [5, 5.41) is 15.6. The molecule has 0 bridgehead atoms. The maximum absolute atomic E-state index is 12.3. The quantitative estimate of drug-likeness (QED) is 0.749. The van der Waals surface area contributed by atoms with E-state index in [1.165, 1.54) is 0 Å². The van der Waals surface area contributed by atoms with Crippen LogP contribution in [0.1, 0.15) is 55.5 Å². The molecule has 2 rings (SSSR count). The van der Waals surface area contributed by atoms with Crippen molar-refractivity contribution in [3.05, 3.63) is 29.3 Å². The topological polar surface area (TPSA) is 78.4 Å². The van der Waals surface area contributed by atoms with Crippen molar-refractivity contribution in [3.8, 4) is 0 Å². The number of anilines is 1. The van der Waals surface area contributed by atoms with Crippen LogP contribution in [-0.2, 0) is 4.79 Å². The molecule has 0 aliphatic heterocycles. The van der Waals surface area contributed by atoms with E-state index in [1.807, 2.05) is 20.8 Å². The summed E-state index contributed by atoms with van der Waals surface area (Å²) in [6, 6.07) is 5.27. The van der Waals surface area contributed by atoms with Gasteiger partial charge >= 0.3 is 0 Å². The highest BCUT2D eigenvalue weighted by Gasteiger charge is 2.25. The van der Waals surface area contributed by atoms with Crippen LogP contribution in [0.4, 0.5) is 5.69 Å². The van der Waals surface area contributed by atoms with Crippen molar-refractivity contribution < 1.29 is 14.7 Å². The second kappa shape index (κ2) is 8.29. The minimum absolute atomic E-state index is 0.0134. The van der Waals surface area contributed by atoms with Crippen LogP contribution in [0.3, 0.4) is 0 Å². The molecule has 2 unspecified atom stereocenters. The second-order valence-corrected chi connectivity index (χ2v) is 7.14. The number of carbonyl (C=O) groups is 2. The fraction of sp³-hybridized carbons (Fsp3) is 0.579. The summed E-state index contributed by atoms with van der Waals surface area (Å²) in [6.45, 7) is 6.39. The van der Waals surface area contributed by atoms with Gasteiger partial charge in [0.15, 0.2) is 0 Å². The number of aliphatic hydroxyl groups excluding tert-OH is 1. The highest BCUT2D eigenvalue weighted by atomic mass is 16.3. The van der Waals surface area contributed by atoms with E-state index in [0.29, 0.717) is 24.4 Å². The molecule has 1 aliphatic rings. The van der Waals surface area contributed by atoms with Gasteiger partial charge in [-0.25, -0.2) is 0 Å². The molecule has 1 saturated carbocycles. The number of hydrogen-bond donors (Lipinski definition) is 3. The summed E-state index contributed by atoms with van der Waals surface area (Å²) in [6.07, 6.45) is 2.98. The van der Waals surface area contributed by atoms with Crippen molar-refractivity contribution in [2.75, 3.05) is 11.9 Å². The first-order valence-corrected chi connectivity index (χ1v) is 8.73. The lowest BCUT2D eigenvalue weighted by Gasteiger charge is -2.16. The molecule has 1 aromatic carbocycles. The molecule has 0 radical (unpaired) electrons. The minimum atomic E-state index is -0.300. The Labute approximate surface area is 143 Å². The van der Waals surface area contributed by atoms with E-state index in [9.17, 15) is 14.7 Å². The van der Waals surface area contributed by atoms with Gasteiger partial charge in [0.05, 0.1) is 6.10 Å². The summed E-state index contributed by atoms with van der Waals surface area (Å²) in [7, 11) is 0. The fourth-order valence-corrected chi connectivity index (χ4v) is 3.10. The van der Waals surface area contributed by atoms with Crippen molar-refractivity contribution in [2.45, 2.75) is 52.6 Å². The number of hydrogen-bond acceptors (Lipinski definition) is 3. The fourth-order valence-electron chi connectivity index (χ4n) is 3.10. The molecule has 1 aromatic rings. The van der Waals surface area contributed by atoms with Gasteiger partial charge in [-0.1, -0.05) is 20.3 Å². The number of benzene rings is 1. The molecule has 0 aromatic heterocycles. The zero-order valence-corrected chi connectivity index (χ0v) is 14.8. The second-order valence-electron chi connectivity index (χ2n) is 7.14. The molecule has 1 fully saturated rings. The van der Waals surface area contributed by atoms with Crippen LogP contribution in [-0.4, -0.2) is 29.6 Å². The van der Waals surface area contributed by atoms with Gasteiger partial charge < -0.3 is 15.7 Å². The lowest BCUT2D eigenvalue weighted by molar-refractivity contribution is -0.116. The molecule has 5 heteroatoms. The highest BCUT2D eigenvalue weighted by Crippen LogP contribution is 2.25. The molecule has 2 amide bonds. The number of amides is 2. The van der Waals surface area contributed by atoms with Gasteiger partial charge in [-0.2, -0.15) is 0 Å². The van der Waals surface area contributed by atoms with E-state index in [1.54, 1.807) is 18.2 Å². The minimum Gasteiger partial charge on any atom is -0.393 e. The Morgan fingerprint density at radius 1 is 1.29 bits per heavy atom. The van der Waals surface area contributed by atoms with Gasteiger partial charge in [0.25, 0.3) is 5.91 Å². The van der Waals surface area contributed by atoms with Crippen molar-refractivity contribution in [1.29, 1.82) is 0 Å². The first-order chi connectivity index (χ1) is 11.4. The van der Waals surface area contributed by atoms with Crippen LogP contribution in [0, 0.1) is 18.8 Å². The standard InChI is InChI=1S/C19H28N2O3/c1-12(2)9-18(23)21-16-8-7-14(10-13(16)3)19(24)20-11-15-5-4-6-17(15)22/h7-8,10,12,15,17,22H,4-6,9,11H2,1-3H3,(H,20,24)(H,21,23). The van der Waals surface area contributed by atoms with Crippen molar-refractivity contribution in [1.82, 2.24) is 5.32 Å². The summed E-state index contributed by atoms with van der Waals surface area (Å²) in [5.41, 5.74) is 2.17. The Morgan fingerprint density at radius 2 is 2.04 bits per heavy atom. The number of nitrogens with one attached hydrogen (secondary N) is 2. The third kappa shape index (κ3) is 5.06. The van der Waals surface area contributed by atoms with Gasteiger partial charge in [-0.05, 0) is 49.4 Å². The number of aryl methyl sites for hydroxylation is 1. The normalized spacial score (nSPS) is 20.2. The summed E-state index contributed by atoms with van der Waals surface area (Å²) in [5.74, 6) is 0.309. The Kier molecular flexibility index (Phi) is 6.37. The molecule has 3 N–H and O–H groups in total. The van der Waals surface area contributed by atoms with Crippen LogP contribution in [0.2, 0.25) is 0 Å². The van der Waals surface area contributed by atoms with E-state index in [2.05, 4.69) is 10.6 Å². The van der Waals surface area contributed by atoms with E-state index in [0.717, 1.165) is 30.5 Å². The van der Waals surface area contributed by atoms with Crippen LogP contribution in [0.25, 0.3) is 0 Å². The Bertz CT molecular complexity index is 598. The lowest BCUT2D eigenvalue weighted by Crippen LogP contribution is -2.32. The SMILES string of the molecule is Cc1cc(C(=O)NCC2CCCC2O)ccc1NC(=O)CC(C)C. The van der Waals surface area contributed by atoms with E-state index in [-0.39, 0.29) is 23.8 Å². The molecule has 24 heavy (non-hydrogen) atoms. The van der Waals surface area contributed by atoms with E-state index in [4.69, 9.17) is 0 Å². The first kappa shape index (κ1) is 18.5. The Balaban J connectivity index is 1.93. The third-order valence-electron chi connectivity index (χ3n) is 4.50. The van der Waals surface area contributed by atoms with Gasteiger partial charge in [0.1, 0.15) is 0 Å². The van der Waals surface area contributed by atoms with Crippen molar-refractivity contribution >= 4 is 17.5 Å². The van der Waals surface area contributed by atoms with E-state index < -0.39 is 0 Å². The molecular formula is C19H28N2O3. The Morgan fingerprint density at radius 3 is 2.62 bits per heavy atom. The average molecular weight is 332 g/mol. The van der Waals surface area contributed by atoms with Crippen LogP contribution in [0.5, 0.6) is 0 Å². The first-order valence-electron chi connectivity index (χ1n) is 8.73. The third-order valence-corrected chi connectivity index (χ3v) is 4.50. The van der Waals surface area contributed by atoms with Crippen LogP contribution >= 0.6 is 0 Å². The maximum Gasteiger partial charge on any atom is 0.251 e. The molecule has 2 atom stereocenters. The molecule has 0 heterocycles. The largest absolute Gasteiger partial charge is 0.393 e. The zero-order chi connectivity index (χ0) is 17.7. The van der Waals surface area contributed by atoms with Crippen molar-refractivity contribution in [2.24, 2.45) is 11.8 Å². The predicted molar refractivity (Wildman–Crippen MR) is 94.9 cm³/mol. The van der Waals surface area contributed by atoms with Gasteiger partial charge in [0, 0.05) is 30.1 Å². The summed E-state index contributed by atoms with van der Waals surface area (Å²) >= 11 is 0. The number of aliphatic hydroxyl groups is 1. The highest BCUT2D eigenvalue weighted by molar-refractivity contribution is 5.96. The zero-order valence-electron chi connectivity index (χ0n) is 14.8. The number of carbonyl (C=O) groups excluding carboxylic acids is 2. The molecule has 132 valence electrons. The number of rotatable bonds is 6. The van der Waals surface area contributed by atoms with Crippen molar-refractivity contribution in [3.63, 3.8) is 0 Å². The summed E-state index contributed by atoms with van der Waals surface area (Å²) in [4.78, 5) is 24.1. The monoisotopic (exact) mass is 332 g/mol. The summed E-state index contributed by atoms with van der Waals surface area (Å²) < 4.78 is 0. The van der Waals surface area contributed by atoms with Gasteiger partial charge in [-0.3, -0.25) is 9.59 Å². The Hall–Kier alpha value is -1.88.